The van der Waals surface area contributed by atoms with Gasteiger partial charge < -0.3 is 0 Å². The van der Waals surface area contributed by atoms with Gasteiger partial charge in [-0.2, -0.15) is 0 Å². The van der Waals surface area contributed by atoms with E-state index in [1.165, 1.54) is 38.5 Å². The highest BCUT2D eigenvalue weighted by molar-refractivity contribution is 5.17. The lowest BCUT2D eigenvalue weighted by Gasteiger charge is -2.44. The third-order valence-corrected chi connectivity index (χ3v) is 7.65. The molecule has 0 amide bonds. The van der Waals surface area contributed by atoms with Crippen molar-refractivity contribution in [2.75, 3.05) is 0 Å². The summed E-state index contributed by atoms with van der Waals surface area (Å²) in [5.41, 5.74) is 0. The van der Waals surface area contributed by atoms with Gasteiger partial charge in [0, 0.05) is 5.92 Å². The van der Waals surface area contributed by atoms with Crippen LogP contribution in [0.5, 0.6) is 0 Å². The Morgan fingerprint density at radius 3 is 2.12 bits per heavy atom. The molecule has 2 aliphatic carbocycles. The third-order valence-electron chi connectivity index (χ3n) is 7.65. The Hall–Kier alpha value is -0.440. The fourth-order valence-electron chi connectivity index (χ4n) is 6.21. The highest BCUT2D eigenvalue weighted by Crippen LogP contribution is 2.73. The second-order valence-corrected chi connectivity index (χ2v) is 9.16. The van der Waals surface area contributed by atoms with E-state index in [-0.39, 0.29) is 0 Å². The Morgan fingerprint density at radius 1 is 0.875 bits per heavy atom. The van der Waals surface area contributed by atoms with Crippen LogP contribution in [0, 0.1) is 65.1 Å². The lowest BCUT2D eigenvalue weighted by molar-refractivity contribution is 0.0455. The van der Waals surface area contributed by atoms with Gasteiger partial charge in [0.05, 0.1) is 0 Å². The maximum absolute atomic E-state index is 3.43. The zero-order valence-electron chi connectivity index (χ0n) is 17.4. The molecule has 9 atom stereocenters. The van der Waals surface area contributed by atoms with Crippen LogP contribution in [0.15, 0.2) is 0 Å². The Morgan fingerprint density at radius 2 is 1.58 bits per heavy atom. The van der Waals surface area contributed by atoms with Crippen molar-refractivity contribution in [2.45, 2.75) is 87.0 Å². The fraction of sp³-hybridized carbons (Fsp3) is 0.917. The molecule has 0 heteroatoms. The van der Waals surface area contributed by atoms with Crippen molar-refractivity contribution in [3.05, 3.63) is 0 Å². The second-order valence-electron chi connectivity index (χ2n) is 9.16. The number of hydrogen-bond donors (Lipinski definition) is 0. The molecule has 2 aliphatic rings. The molecule has 0 aromatic rings. The van der Waals surface area contributed by atoms with Crippen LogP contribution in [0.2, 0.25) is 0 Å². The largest absolute Gasteiger partial charge is 0.106 e. The molecule has 24 heavy (non-hydrogen) atoms. The van der Waals surface area contributed by atoms with Gasteiger partial charge in [-0.05, 0) is 67.1 Å². The lowest BCUT2D eigenvalue weighted by Crippen LogP contribution is -2.38. The Labute approximate surface area is 152 Å². The average Bonchev–Trinajstić information content (AvgIpc) is 3.16. The topological polar surface area (TPSA) is 0 Å². The second kappa shape index (κ2) is 8.78. The minimum Gasteiger partial charge on any atom is -0.106 e. The van der Waals surface area contributed by atoms with Crippen LogP contribution in [0.1, 0.15) is 87.0 Å². The van der Waals surface area contributed by atoms with Gasteiger partial charge in [-0.25, -0.2) is 0 Å². The Kier molecular flexibility index (Phi) is 7.27. The van der Waals surface area contributed by atoms with Crippen molar-refractivity contribution in [1.29, 1.82) is 0 Å². The van der Waals surface area contributed by atoms with Crippen LogP contribution in [0.25, 0.3) is 0 Å². The maximum Gasteiger partial charge on any atom is 0.0177 e. The molecule has 0 aromatic carbocycles. The molecule has 0 bridgehead atoms. The summed E-state index contributed by atoms with van der Waals surface area (Å²) < 4.78 is 0. The van der Waals surface area contributed by atoms with E-state index >= 15 is 0 Å². The van der Waals surface area contributed by atoms with Gasteiger partial charge in [0.25, 0.3) is 0 Å². The van der Waals surface area contributed by atoms with Crippen LogP contribution in [0.3, 0.4) is 0 Å². The summed E-state index contributed by atoms with van der Waals surface area (Å²) >= 11 is 0. The van der Waals surface area contributed by atoms with Crippen molar-refractivity contribution < 1.29 is 0 Å². The highest BCUT2D eigenvalue weighted by atomic mass is 14.7. The van der Waals surface area contributed by atoms with E-state index in [1.807, 2.05) is 6.92 Å². The summed E-state index contributed by atoms with van der Waals surface area (Å²) in [5.74, 6) is 15.1. The molecule has 9 unspecified atom stereocenters. The first-order valence-corrected chi connectivity index (χ1v) is 10.9. The van der Waals surface area contributed by atoms with Crippen LogP contribution in [0.4, 0.5) is 0 Å². The van der Waals surface area contributed by atoms with Gasteiger partial charge in [-0.1, -0.05) is 67.2 Å². The first-order chi connectivity index (χ1) is 11.5. The van der Waals surface area contributed by atoms with Crippen LogP contribution in [-0.4, -0.2) is 0 Å². The third kappa shape index (κ3) is 4.03. The molecule has 2 fully saturated rings. The molecule has 0 N–H and O–H groups in total. The maximum atomic E-state index is 3.43. The molecular weight excluding hydrogens is 288 g/mol. The van der Waals surface area contributed by atoms with Gasteiger partial charge in [0.1, 0.15) is 0 Å². The monoisotopic (exact) mass is 330 g/mol. The lowest BCUT2D eigenvalue weighted by atomic mass is 9.61. The quantitative estimate of drug-likeness (QED) is 0.377. The molecule has 0 aliphatic heterocycles. The Bertz CT molecular complexity index is 439. The van der Waals surface area contributed by atoms with E-state index in [2.05, 4.69) is 53.4 Å². The zero-order valence-corrected chi connectivity index (χ0v) is 17.4. The predicted molar refractivity (Wildman–Crippen MR) is 107 cm³/mol. The number of hydrogen-bond acceptors (Lipinski definition) is 0. The van der Waals surface area contributed by atoms with Crippen molar-refractivity contribution in [2.24, 2.45) is 53.3 Å². The van der Waals surface area contributed by atoms with Crippen LogP contribution >= 0.6 is 0 Å². The normalized spacial score (nSPS) is 35.7. The average molecular weight is 331 g/mol. The van der Waals surface area contributed by atoms with Crippen LogP contribution in [-0.2, 0) is 0 Å². The predicted octanol–water partition coefficient (Wildman–Crippen LogP) is 7.04. The van der Waals surface area contributed by atoms with Crippen molar-refractivity contribution in [3.63, 3.8) is 0 Å². The minimum atomic E-state index is 0.590. The first-order valence-electron chi connectivity index (χ1n) is 10.9. The standard InChI is InChI=1S/C24H42/c1-8-12-17(6)15-20-22(18(7)19(11-4)13-9-2)24-21(23(20)24)14-16(5)10-3/h16-24H,9-11,13-15H2,1-7H3. The van der Waals surface area contributed by atoms with E-state index in [0.29, 0.717) is 5.92 Å². The highest BCUT2D eigenvalue weighted by Gasteiger charge is 2.69. The summed E-state index contributed by atoms with van der Waals surface area (Å²) in [4.78, 5) is 0. The van der Waals surface area contributed by atoms with Gasteiger partial charge in [0.15, 0.2) is 0 Å². The van der Waals surface area contributed by atoms with Gasteiger partial charge in [-0.3, -0.25) is 0 Å². The summed E-state index contributed by atoms with van der Waals surface area (Å²) in [7, 11) is 0. The van der Waals surface area contributed by atoms with Gasteiger partial charge in [-0.15, -0.1) is 11.8 Å². The smallest absolute Gasteiger partial charge is 0.0177 e. The van der Waals surface area contributed by atoms with Gasteiger partial charge >= 0.3 is 0 Å². The Balaban J connectivity index is 2.06. The number of rotatable bonds is 10. The van der Waals surface area contributed by atoms with E-state index in [1.54, 1.807) is 0 Å². The van der Waals surface area contributed by atoms with Gasteiger partial charge in [0.2, 0.25) is 0 Å². The molecule has 0 aromatic heterocycles. The minimum absolute atomic E-state index is 0.590. The van der Waals surface area contributed by atoms with Crippen LogP contribution < -0.4 is 0 Å². The van der Waals surface area contributed by atoms with E-state index in [4.69, 9.17) is 0 Å². The molecule has 0 spiro atoms. The van der Waals surface area contributed by atoms with E-state index in [9.17, 15) is 0 Å². The summed E-state index contributed by atoms with van der Waals surface area (Å²) in [6.07, 6.45) is 8.35. The fourth-order valence-corrected chi connectivity index (χ4v) is 6.21. The van der Waals surface area contributed by atoms with Crippen molar-refractivity contribution in [3.8, 4) is 11.8 Å². The summed E-state index contributed by atoms with van der Waals surface area (Å²) in [5, 5.41) is 0. The summed E-state index contributed by atoms with van der Waals surface area (Å²) in [6, 6.07) is 0. The number of fused-ring (bicyclic) bond motifs is 1. The zero-order chi connectivity index (χ0) is 17.9. The molecule has 0 nitrogen and oxygen atoms in total. The van der Waals surface area contributed by atoms with Crippen molar-refractivity contribution >= 4 is 0 Å². The molecule has 2 rings (SSSR count). The van der Waals surface area contributed by atoms with Crippen molar-refractivity contribution in [1.82, 2.24) is 0 Å². The molecule has 0 radical (unpaired) electrons. The molecular formula is C24H42. The van der Waals surface area contributed by atoms with E-state index in [0.717, 1.165) is 47.3 Å². The summed E-state index contributed by atoms with van der Waals surface area (Å²) in [6.45, 7) is 16.5. The SMILES string of the molecule is CC#CC(C)CC1C(C(C)C(CC)CCC)C2C(CC(C)CC)C12. The van der Waals surface area contributed by atoms with E-state index < -0.39 is 0 Å². The molecule has 138 valence electrons. The molecule has 0 heterocycles. The molecule has 0 saturated heterocycles. The molecule has 2 saturated carbocycles. The first kappa shape index (κ1) is 19.9.